The number of carbonyl (C=O) groups excluding carboxylic acids is 1. The topological polar surface area (TPSA) is 136 Å². The molecular formula is C22H20FN7O3S. The third-order valence-corrected chi connectivity index (χ3v) is 7.41. The van der Waals surface area contributed by atoms with Crippen LogP contribution in [0.5, 0.6) is 0 Å². The first kappa shape index (κ1) is 21.8. The molecule has 4 heterocycles. The molecule has 10 nitrogen and oxygen atoms in total. The fourth-order valence-electron chi connectivity index (χ4n) is 3.91. The molecule has 1 aliphatic heterocycles. The number of pyridine rings is 2. The number of carbonyl (C=O) groups is 1. The number of rotatable bonds is 3. The Morgan fingerprint density at radius 1 is 1.15 bits per heavy atom. The lowest BCUT2D eigenvalue weighted by atomic mass is 9.98. The van der Waals surface area contributed by atoms with Crippen LogP contribution in [0, 0.1) is 12.7 Å². The Labute approximate surface area is 194 Å². The van der Waals surface area contributed by atoms with Crippen LogP contribution in [0.2, 0.25) is 0 Å². The lowest BCUT2D eigenvalue weighted by molar-refractivity contribution is -0.129. The number of hydrogen-bond donors (Lipinski definition) is 2. The molecule has 174 valence electrons. The molecule has 34 heavy (non-hydrogen) atoms. The molecule has 0 saturated carbocycles. The highest BCUT2D eigenvalue weighted by Crippen LogP contribution is 2.35. The third kappa shape index (κ3) is 3.61. The van der Waals surface area contributed by atoms with Gasteiger partial charge in [0.2, 0.25) is 15.7 Å². The molecular weight excluding hydrogens is 461 g/mol. The summed E-state index contributed by atoms with van der Waals surface area (Å²) in [5.74, 6) is -0.782. The summed E-state index contributed by atoms with van der Waals surface area (Å²) in [6.45, 7) is 1.66. The second-order valence-electron chi connectivity index (χ2n) is 8.12. The summed E-state index contributed by atoms with van der Waals surface area (Å²) in [6, 6.07) is 6.47. The average Bonchev–Trinajstić information content (AvgIpc) is 3.16. The zero-order valence-corrected chi connectivity index (χ0v) is 19.1. The van der Waals surface area contributed by atoms with Crippen molar-refractivity contribution in [1.82, 2.24) is 24.6 Å². The molecule has 3 N–H and O–H groups in total. The molecule has 1 aliphatic rings. The predicted octanol–water partition coefficient (Wildman–Crippen LogP) is 2.47. The van der Waals surface area contributed by atoms with E-state index < -0.39 is 21.5 Å². The fourth-order valence-corrected chi connectivity index (χ4v) is 5.41. The van der Waals surface area contributed by atoms with Gasteiger partial charge < -0.3 is 16.0 Å². The van der Waals surface area contributed by atoms with Crippen LogP contribution in [0.25, 0.3) is 21.9 Å². The maximum absolute atomic E-state index is 15.0. The Morgan fingerprint density at radius 2 is 1.94 bits per heavy atom. The largest absolute Gasteiger partial charge is 0.396 e. The minimum atomic E-state index is -3.74. The number of amides is 1. The van der Waals surface area contributed by atoms with Crippen LogP contribution in [0.15, 0.2) is 47.9 Å². The number of likely N-dealkylation sites (N-methyl/N-ethyl adjacent to an activating group) is 1. The summed E-state index contributed by atoms with van der Waals surface area (Å²) >= 11 is 0. The Kier molecular flexibility index (Phi) is 4.97. The monoisotopic (exact) mass is 481 g/mol. The van der Waals surface area contributed by atoms with Gasteiger partial charge in [-0.1, -0.05) is 0 Å². The van der Waals surface area contributed by atoms with Crippen LogP contribution in [-0.4, -0.2) is 51.9 Å². The highest BCUT2D eigenvalue weighted by molar-refractivity contribution is 7.91. The van der Waals surface area contributed by atoms with Crippen molar-refractivity contribution < 1.29 is 17.6 Å². The molecule has 0 aliphatic carbocycles. The lowest BCUT2D eigenvalue weighted by Crippen LogP contribution is -2.30. The van der Waals surface area contributed by atoms with Gasteiger partial charge in [0, 0.05) is 48.2 Å². The Bertz CT molecular complexity index is 1580. The van der Waals surface area contributed by atoms with Crippen molar-refractivity contribution >= 4 is 43.8 Å². The number of aromatic nitrogens is 4. The molecule has 12 heteroatoms. The van der Waals surface area contributed by atoms with E-state index in [4.69, 9.17) is 5.73 Å². The molecule has 1 aromatic carbocycles. The van der Waals surface area contributed by atoms with Crippen molar-refractivity contribution in [2.75, 3.05) is 24.0 Å². The van der Waals surface area contributed by atoms with Crippen LogP contribution >= 0.6 is 0 Å². The summed E-state index contributed by atoms with van der Waals surface area (Å²) in [6.07, 6.45) is 4.65. The third-order valence-electron chi connectivity index (χ3n) is 5.72. The number of nitrogens with one attached hydrogen (secondary N) is 1. The van der Waals surface area contributed by atoms with E-state index in [-0.39, 0.29) is 29.0 Å². The first-order chi connectivity index (χ1) is 16.1. The first-order valence-electron chi connectivity index (χ1n) is 10.2. The van der Waals surface area contributed by atoms with Gasteiger partial charge in [-0.25, -0.2) is 22.5 Å². The van der Waals surface area contributed by atoms with Crippen molar-refractivity contribution in [3.8, 4) is 11.1 Å². The van der Waals surface area contributed by atoms with Gasteiger partial charge in [0.05, 0.1) is 5.69 Å². The number of benzene rings is 1. The molecule has 0 saturated heterocycles. The Balaban J connectivity index is 1.55. The van der Waals surface area contributed by atoms with Crippen molar-refractivity contribution in [3.63, 3.8) is 0 Å². The second kappa shape index (κ2) is 7.76. The Morgan fingerprint density at radius 3 is 2.71 bits per heavy atom. The van der Waals surface area contributed by atoms with Gasteiger partial charge in [0.1, 0.15) is 18.2 Å². The number of nitrogens with two attached hydrogens (primary N) is 1. The van der Waals surface area contributed by atoms with Gasteiger partial charge in [0.15, 0.2) is 16.7 Å². The van der Waals surface area contributed by atoms with Gasteiger partial charge in [0.25, 0.3) is 0 Å². The normalized spacial score (nSPS) is 15.3. The SMILES string of the molecule is Cc1ccncc1-c1cc2cc(Nc3cc4n(n3)CC(=O)N(C)CS4(=O)=O)ncc2c(N)c1F. The lowest BCUT2D eigenvalue weighted by Gasteiger charge is -2.13. The number of nitrogen functional groups attached to an aromatic ring is 1. The van der Waals surface area contributed by atoms with E-state index in [1.165, 1.54) is 19.3 Å². The minimum absolute atomic E-state index is 0.0303. The molecule has 5 rings (SSSR count). The number of halogens is 1. The van der Waals surface area contributed by atoms with Crippen LogP contribution < -0.4 is 11.1 Å². The van der Waals surface area contributed by atoms with E-state index in [1.807, 2.05) is 6.92 Å². The first-order valence-corrected chi connectivity index (χ1v) is 11.9. The maximum Gasteiger partial charge on any atom is 0.244 e. The average molecular weight is 482 g/mol. The van der Waals surface area contributed by atoms with Gasteiger partial charge >= 0.3 is 0 Å². The summed E-state index contributed by atoms with van der Waals surface area (Å²) < 4.78 is 41.4. The molecule has 0 radical (unpaired) electrons. The fraction of sp³-hybridized carbons (Fsp3) is 0.182. The van der Waals surface area contributed by atoms with Gasteiger partial charge in [-0.15, -0.1) is 0 Å². The van der Waals surface area contributed by atoms with E-state index >= 15 is 4.39 Å². The highest BCUT2D eigenvalue weighted by Gasteiger charge is 2.30. The number of anilines is 3. The quantitative estimate of drug-likeness (QED) is 0.426. The maximum atomic E-state index is 15.0. The van der Waals surface area contributed by atoms with Crippen LogP contribution in [0.3, 0.4) is 0 Å². The van der Waals surface area contributed by atoms with Crippen molar-refractivity contribution in [2.24, 2.45) is 0 Å². The standard InChI is InChI=1S/C22H20FN7O3S/c1-12-3-4-25-8-15(12)14-5-13-6-17(26-9-16(13)22(24)21(14)23)27-18-7-20-30(28-18)10-19(31)29(2)11-34(20,32)33/h3-9H,10-11,24H2,1-2H3,(H,26,27,28). The van der Waals surface area contributed by atoms with Crippen molar-refractivity contribution in [3.05, 3.63) is 54.2 Å². The van der Waals surface area contributed by atoms with Crippen molar-refractivity contribution in [1.29, 1.82) is 0 Å². The minimum Gasteiger partial charge on any atom is -0.396 e. The molecule has 0 unspecified atom stereocenters. The molecule has 4 aromatic rings. The van der Waals surface area contributed by atoms with Crippen LogP contribution in [0.1, 0.15) is 5.56 Å². The summed E-state index contributed by atoms with van der Waals surface area (Å²) in [5.41, 5.74) is 7.83. The number of fused-ring (bicyclic) bond motifs is 2. The van der Waals surface area contributed by atoms with Crippen molar-refractivity contribution in [2.45, 2.75) is 18.5 Å². The number of sulfone groups is 1. The number of hydrogen-bond acceptors (Lipinski definition) is 8. The van der Waals surface area contributed by atoms with E-state index in [2.05, 4.69) is 20.4 Å². The number of nitrogens with zero attached hydrogens (tertiary/aromatic N) is 5. The van der Waals surface area contributed by atoms with Gasteiger partial charge in [-0.05, 0) is 36.1 Å². The smallest absolute Gasteiger partial charge is 0.244 e. The molecule has 0 bridgehead atoms. The zero-order valence-electron chi connectivity index (χ0n) is 18.3. The second-order valence-corrected chi connectivity index (χ2v) is 10.0. The van der Waals surface area contributed by atoms with Gasteiger partial charge in [-0.2, -0.15) is 5.10 Å². The van der Waals surface area contributed by atoms with E-state index in [9.17, 15) is 13.2 Å². The summed E-state index contributed by atoms with van der Waals surface area (Å²) in [5, 5.41) is 8.18. The van der Waals surface area contributed by atoms with Crippen LogP contribution in [0.4, 0.5) is 21.7 Å². The molecule has 0 fully saturated rings. The van der Waals surface area contributed by atoms with Crippen LogP contribution in [-0.2, 0) is 21.2 Å². The van der Waals surface area contributed by atoms with E-state index in [0.717, 1.165) is 15.1 Å². The molecule has 0 spiro atoms. The highest BCUT2D eigenvalue weighted by atomic mass is 32.2. The zero-order chi connectivity index (χ0) is 24.2. The summed E-state index contributed by atoms with van der Waals surface area (Å²) in [4.78, 5) is 21.6. The van der Waals surface area contributed by atoms with E-state index in [0.29, 0.717) is 27.7 Å². The molecule has 3 aromatic heterocycles. The molecule has 1 amide bonds. The molecule has 0 atom stereocenters. The predicted molar refractivity (Wildman–Crippen MR) is 124 cm³/mol. The summed E-state index contributed by atoms with van der Waals surface area (Å²) in [7, 11) is -2.31. The van der Waals surface area contributed by atoms with E-state index in [1.54, 1.807) is 30.6 Å². The number of aryl methyl sites for hydroxylation is 1. The Hall–Kier alpha value is -4.06. The van der Waals surface area contributed by atoms with Gasteiger partial charge in [-0.3, -0.25) is 9.78 Å².